The van der Waals surface area contributed by atoms with Crippen LogP contribution in [-0.4, -0.2) is 26.1 Å². The zero-order valence-corrected chi connectivity index (χ0v) is 11.4. The molecule has 1 aliphatic heterocycles. The van der Waals surface area contributed by atoms with Crippen molar-refractivity contribution in [1.82, 2.24) is 4.98 Å². The van der Waals surface area contributed by atoms with E-state index in [-0.39, 0.29) is 11.7 Å². The van der Waals surface area contributed by atoms with Gasteiger partial charge < -0.3 is 14.0 Å². The minimum Gasteiger partial charge on any atom is -0.492 e. The quantitative estimate of drug-likeness (QED) is 0.877. The number of rotatable bonds is 4. The highest BCUT2D eigenvalue weighted by atomic mass is 32.2. The number of benzene rings is 1. The second-order valence-corrected chi connectivity index (χ2v) is 5.44. The number of hydrogen-bond acceptors (Lipinski definition) is 4. The third kappa shape index (κ3) is 2.81. The highest BCUT2D eigenvalue weighted by Crippen LogP contribution is 2.37. The first kappa shape index (κ1) is 13.1. The Labute approximate surface area is 118 Å². The molecule has 1 aliphatic rings. The topological polar surface area (TPSA) is 68.7 Å². The zero-order valence-electron chi connectivity index (χ0n) is 10.6. The molecular formula is C14H13NO4S. The van der Waals surface area contributed by atoms with E-state index in [0.717, 1.165) is 5.56 Å². The normalized spacial score (nSPS) is 18.1. The molecular weight excluding hydrogens is 278 g/mol. The summed E-state index contributed by atoms with van der Waals surface area (Å²) >= 11 is -1.82. The van der Waals surface area contributed by atoms with Crippen molar-refractivity contribution in [3.8, 4) is 17.4 Å². The number of fused-ring (bicyclic) bond motifs is 1. The van der Waals surface area contributed by atoms with Crippen LogP contribution in [0.2, 0.25) is 0 Å². The van der Waals surface area contributed by atoms with Crippen LogP contribution in [0.3, 0.4) is 0 Å². The highest BCUT2D eigenvalue weighted by molar-refractivity contribution is 7.79. The minimum absolute atomic E-state index is 0.0419. The molecule has 1 aromatic heterocycles. The fraction of sp³-hybridized carbons (Fsp3) is 0.214. The third-order valence-corrected chi connectivity index (χ3v) is 3.76. The maximum absolute atomic E-state index is 10.9. The molecule has 2 atom stereocenters. The van der Waals surface area contributed by atoms with Gasteiger partial charge in [-0.05, 0) is 12.1 Å². The molecule has 20 heavy (non-hydrogen) atoms. The molecule has 2 aromatic rings. The molecule has 0 bridgehead atoms. The van der Waals surface area contributed by atoms with Gasteiger partial charge in [0, 0.05) is 29.8 Å². The molecule has 0 saturated heterocycles. The second-order valence-electron chi connectivity index (χ2n) is 4.47. The summed E-state index contributed by atoms with van der Waals surface area (Å²) in [5.41, 5.74) is 0.945. The number of pyridine rings is 1. The molecule has 1 aromatic carbocycles. The molecule has 6 heteroatoms. The van der Waals surface area contributed by atoms with Crippen molar-refractivity contribution >= 4 is 11.1 Å². The number of ether oxygens (including phenoxy) is 2. The van der Waals surface area contributed by atoms with Gasteiger partial charge in [0.1, 0.15) is 11.5 Å². The Morgan fingerprint density at radius 2 is 2.30 bits per heavy atom. The Morgan fingerprint density at radius 3 is 3.05 bits per heavy atom. The molecule has 0 amide bonds. The van der Waals surface area contributed by atoms with E-state index < -0.39 is 11.1 Å². The first-order valence-electron chi connectivity index (χ1n) is 6.15. The summed E-state index contributed by atoms with van der Waals surface area (Å²) in [7, 11) is 0. The molecule has 0 radical (unpaired) electrons. The number of hydrogen-bond donors (Lipinski definition) is 1. The van der Waals surface area contributed by atoms with Crippen LogP contribution in [0.25, 0.3) is 0 Å². The average Bonchev–Trinajstić information content (AvgIpc) is 2.82. The summed E-state index contributed by atoms with van der Waals surface area (Å²) in [6, 6.07) is 10.9. The van der Waals surface area contributed by atoms with Crippen molar-refractivity contribution in [2.45, 2.75) is 5.92 Å². The van der Waals surface area contributed by atoms with E-state index in [1.807, 2.05) is 24.3 Å². The second kappa shape index (κ2) is 5.60. The van der Waals surface area contributed by atoms with E-state index in [9.17, 15) is 4.21 Å². The zero-order chi connectivity index (χ0) is 13.9. The largest absolute Gasteiger partial charge is 0.492 e. The Hall–Kier alpha value is -1.92. The van der Waals surface area contributed by atoms with Gasteiger partial charge in [-0.2, -0.15) is 0 Å². The van der Waals surface area contributed by atoms with Crippen molar-refractivity contribution in [3.63, 3.8) is 0 Å². The van der Waals surface area contributed by atoms with E-state index in [0.29, 0.717) is 24.0 Å². The molecule has 3 rings (SSSR count). The van der Waals surface area contributed by atoms with Crippen molar-refractivity contribution in [2.75, 3.05) is 12.4 Å². The maximum atomic E-state index is 10.9. The summed E-state index contributed by atoms with van der Waals surface area (Å²) in [5, 5.41) is 0. The first-order chi connectivity index (χ1) is 9.72. The summed E-state index contributed by atoms with van der Waals surface area (Å²) in [4.78, 5) is 4.09. The third-order valence-electron chi connectivity index (χ3n) is 3.07. The Kier molecular flexibility index (Phi) is 3.66. The van der Waals surface area contributed by atoms with Gasteiger partial charge in [-0.3, -0.25) is 0 Å². The lowest BCUT2D eigenvalue weighted by molar-refractivity contribution is 0.335. The van der Waals surface area contributed by atoms with E-state index in [1.165, 1.54) is 0 Å². The van der Waals surface area contributed by atoms with E-state index in [4.69, 9.17) is 14.0 Å². The Balaban J connectivity index is 1.79. The van der Waals surface area contributed by atoms with E-state index in [2.05, 4.69) is 4.98 Å². The van der Waals surface area contributed by atoms with Crippen molar-refractivity contribution in [1.29, 1.82) is 0 Å². The lowest BCUT2D eigenvalue weighted by Gasteiger charge is -2.07. The molecule has 0 aliphatic carbocycles. The van der Waals surface area contributed by atoms with Gasteiger partial charge in [-0.15, -0.1) is 0 Å². The van der Waals surface area contributed by atoms with Crippen LogP contribution in [0, 0.1) is 0 Å². The fourth-order valence-corrected chi connectivity index (χ4v) is 2.78. The summed E-state index contributed by atoms with van der Waals surface area (Å²) < 4.78 is 31.0. The lowest BCUT2D eigenvalue weighted by atomic mass is 10.0. The number of nitrogens with zero attached hydrogens (tertiary/aromatic N) is 1. The van der Waals surface area contributed by atoms with Gasteiger partial charge in [0.2, 0.25) is 5.88 Å². The monoisotopic (exact) mass is 291 g/mol. The molecule has 2 heterocycles. The summed E-state index contributed by atoms with van der Waals surface area (Å²) in [5.74, 6) is 1.99. The SMILES string of the molecule is O=S(O)CC1COc2cc(Oc3ccccn3)ccc21. The van der Waals surface area contributed by atoms with Gasteiger partial charge in [0.05, 0.1) is 12.4 Å². The van der Waals surface area contributed by atoms with Gasteiger partial charge in [0.25, 0.3) is 0 Å². The van der Waals surface area contributed by atoms with Gasteiger partial charge >= 0.3 is 0 Å². The van der Waals surface area contributed by atoms with Crippen molar-refractivity contribution < 1.29 is 18.2 Å². The first-order valence-corrected chi connectivity index (χ1v) is 7.43. The predicted molar refractivity (Wildman–Crippen MR) is 74.6 cm³/mol. The minimum atomic E-state index is -1.82. The van der Waals surface area contributed by atoms with Crippen molar-refractivity contribution in [2.24, 2.45) is 0 Å². The molecule has 0 fully saturated rings. The van der Waals surface area contributed by atoms with Crippen LogP contribution in [-0.2, 0) is 11.1 Å². The van der Waals surface area contributed by atoms with Crippen LogP contribution < -0.4 is 9.47 Å². The smallest absolute Gasteiger partial charge is 0.219 e. The molecule has 0 saturated carbocycles. The fourth-order valence-electron chi connectivity index (χ4n) is 2.16. The van der Waals surface area contributed by atoms with Crippen LogP contribution >= 0.6 is 0 Å². The van der Waals surface area contributed by atoms with Crippen LogP contribution in [0.4, 0.5) is 0 Å². The number of aromatic nitrogens is 1. The molecule has 0 spiro atoms. The van der Waals surface area contributed by atoms with Crippen molar-refractivity contribution in [3.05, 3.63) is 48.2 Å². The maximum Gasteiger partial charge on any atom is 0.219 e. The summed E-state index contributed by atoms with van der Waals surface area (Å²) in [6.07, 6.45) is 1.66. The molecule has 104 valence electrons. The standard InChI is InChI=1S/C14H13NO4S/c16-20(17)9-10-8-18-13-7-11(4-5-12(10)13)19-14-3-1-2-6-15-14/h1-7,10H,8-9H2,(H,16,17). The Morgan fingerprint density at radius 1 is 1.40 bits per heavy atom. The Bertz CT molecular complexity index is 632. The lowest BCUT2D eigenvalue weighted by Crippen LogP contribution is -2.10. The van der Waals surface area contributed by atoms with Gasteiger partial charge in [0.15, 0.2) is 11.1 Å². The average molecular weight is 291 g/mol. The molecule has 5 nitrogen and oxygen atoms in total. The molecule has 1 N–H and O–H groups in total. The van der Waals surface area contributed by atoms with Gasteiger partial charge in [-0.25, -0.2) is 9.19 Å². The van der Waals surface area contributed by atoms with Crippen LogP contribution in [0.5, 0.6) is 17.4 Å². The van der Waals surface area contributed by atoms with Crippen LogP contribution in [0.15, 0.2) is 42.6 Å². The predicted octanol–water partition coefficient (Wildman–Crippen LogP) is 2.57. The molecule has 2 unspecified atom stereocenters. The van der Waals surface area contributed by atoms with E-state index >= 15 is 0 Å². The van der Waals surface area contributed by atoms with E-state index in [1.54, 1.807) is 18.3 Å². The highest BCUT2D eigenvalue weighted by Gasteiger charge is 2.26. The van der Waals surface area contributed by atoms with Gasteiger partial charge in [-0.1, -0.05) is 12.1 Å². The van der Waals surface area contributed by atoms with Crippen LogP contribution in [0.1, 0.15) is 11.5 Å². The summed E-state index contributed by atoms with van der Waals surface area (Å²) in [6.45, 7) is 0.425.